The molecule has 0 saturated carbocycles. The Morgan fingerprint density at radius 1 is 1.11 bits per heavy atom. The van der Waals surface area contributed by atoms with Crippen molar-refractivity contribution >= 4 is 29.3 Å². The van der Waals surface area contributed by atoms with Crippen LogP contribution in [0.5, 0.6) is 5.75 Å². The SMILES string of the molecule is CCCCCn1c(-c2ccc(SC(C)(C)C(=O)O)cc2)nc(C(=O)Nc2c(C)cccc2OC)c1C. The average Bonchev–Trinajstić information content (AvgIpc) is 3.17. The number of imidazole rings is 1. The second kappa shape index (κ2) is 11.6. The number of methoxy groups -OCH3 is 1. The summed E-state index contributed by atoms with van der Waals surface area (Å²) < 4.78 is 6.61. The van der Waals surface area contributed by atoms with Gasteiger partial charge in [-0.3, -0.25) is 9.59 Å². The minimum absolute atomic E-state index is 0.286. The quantitative estimate of drug-likeness (QED) is 0.224. The maximum Gasteiger partial charge on any atom is 0.319 e. The number of aliphatic carboxylic acids is 1. The number of benzene rings is 2. The summed E-state index contributed by atoms with van der Waals surface area (Å²) in [6.45, 7) is 10.1. The summed E-state index contributed by atoms with van der Waals surface area (Å²) in [5, 5.41) is 12.4. The zero-order valence-corrected chi connectivity index (χ0v) is 22.7. The van der Waals surface area contributed by atoms with Crippen LogP contribution >= 0.6 is 11.8 Å². The first-order chi connectivity index (χ1) is 17.1. The van der Waals surface area contributed by atoms with Crippen LogP contribution in [0.3, 0.4) is 0 Å². The van der Waals surface area contributed by atoms with Crippen molar-refractivity contribution in [3.8, 4) is 17.1 Å². The fourth-order valence-corrected chi connectivity index (χ4v) is 4.87. The largest absolute Gasteiger partial charge is 0.495 e. The summed E-state index contributed by atoms with van der Waals surface area (Å²) in [6, 6.07) is 13.3. The number of nitrogens with zero attached hydrogens (tertiary/aromatic N) is 2. The maximum atomic E-state index is 13.4. The van der Waals surface area contributed by atoms with Gasteiger partial charge in [0.15, 0.2) is 0 Å². The van der Waals surface area contributed by atoms with E-state index in [2.05, 4.69) is 16.8 Å². The molecule has 0 aliphatic heterocycles. The molecule has 0 fully saturated rings. The molecular weight excluding hydrogens is 474 g/mol. The van der Waals surface area contributed by atoms with Crippen molar-refractivity contribution in [3.05, 3.63) is 59.4 Å². The van der Waals surface area contributed by atoms with Crippen molar-refractivity contribution in [2.24, 2.45) is 0 Å². The van der Waals surface area contributed by atoms with Gasteiger partial charge in [0, 0.05) is 22.7 Å². The first-order valence-corrected chi connectivity index (χ1v) is 13.0. The molecule has 2 aromatic carbocycles. The molecule has 2 N–H and O–H groups in total. The third-order valence-corrected chi connectivity index (χ3v) is 7.31. The third kappa shape index (κ3) is 6.10. The van der Waals surface area contributed by atoms with Gasteiger partial charge in [0.2, 0.25) is 0 Å². The molecule has 3 aromatic rings. The van der Waals surface area contributed by atoms with Crippen molar-refractivity contribution in [3.63, 3.8) is 0 Å². The number of anilines is 1. The second-order valence-electron chi connectivity index (χ2n) is 9.28. The molecule has 0 aliphatic rings. The highest BCUT2D eigenvalue weighted by Gasteiger charge is 2.28. The van der Waals surface area contributed by atoms with Gasteiger partial charge < -0.3 is 19.7 Å². The lowest BCUT2D eigenvalue weighted by molar-refractivity contribution is -0.138. The van der Waals surface area contributed by atoms with Crippen LogP contribution in [0, 0.1) is 13.8 Å². The Balaban J connectivity index is 1.96. The lowest BCUT2D eigenvalue weighted by Gasteiger charge is -2.18. The number of carboxylic acid groups (broad SMARTS) is 1. The zero-order chi connectivity index (χ0) is 26.5. The Bertz CT molecular complexity index is 1230. The third-order valence-electron chi connectivity index (χ3n) is 6.11. The van der Waals surface area contributed by atoms with Gasteiger partial charge >= 0.3 is 5.97 Å². The van der Waals surface area contributed by atoms with E-state index in [4.69, 9.17) is 9.72 Å². The van der Waals surface area contributed by atoms with Crippen molar-refractivity contribution in [2.45, 2.75) is 70.1 Å². The second-order valence-corrected chi connectivity index (χ2v) is 11.0. The molecule has 1 heterocycles. The van der Waals surface area contributed by atoms with E-state index in [0.29, 0.717) is 17.1 Å². The number of carboxylic acids is 1. The van der Waals surface area contributed by atoms with Gasteiger partial charge in [-0.05, 0) is 57.9 Å². The number of thioether (sulfide) groups is 1. The van der Waals surface area contributed by atoms with Crippen LogP contribution < -0.4 is 10.1 Å². The molecule has 0 aliphatic carbocycles. The van der Waals surface area contributed by atoms with E-state index in [1.807, 2.05) is 56.3 Å². The van der Waals surface area contributed by atoms with E-state index in [0.717, 1.165) is 53.3 Å². The van der Waals surface area contributed by atoms with Crippen molar-refractivity contribution in [1.29, 1.82) is 0 Å². The molecule has 7 nitrogen and oxygen atoms in total. The van der Waals surface area contributed by atoms with Crippen LogP contribution in [0.25, 0.3) is 11.4 Å². The molecule has 0 atom stereocenters. The predicted molar refractivity (Wildman–Crippen MR) is 145 cm³/mol. The number of carbonyl (C=O) groups is 2. The Morgan fingerprint density at radius 2 is 1.81 bits per heavy atom. The summed E-state index contributed by atoms with van der Waals surface area (Å²) in [5.41, 5.74) is 3.59. The molecule has 1 aromatic heterocycles. The monoisotopic (exact) mass is 509 g/mol. The fourth-order valence-electron chi connectivity index (χ4n) is 3.92. The molecular formula is C28H35N3O4S. The average molecular weight is 510 g/mol. The minimum atomic E-state index is -0.932. The highest BCUT2D eigenvalue weighted by atomic mass is 32.2. The topological polar surface area (TPSA) is 93.5 Å². The fraction of sp³-hybridized carbons (Fsp3) is 0.393. The maximum absolute atomic E-state index is 13.4. The molecule has 3 rings (SSSR count). The van der Waals surface area contributed by atoms with Crippen LogP contribution in [0.15, 0.2) is 47.4 Å². The highest BCUT2D eigenvalue weighted by Crippen LogP contribution is 2.34. The van der Waals surface area contributed by atoms with Gasteiger partial charge in [0.1, 0.15) is 22.0 Å². The van der Waals surface area contributed by atoms with E-state index in [-0.39, 0.29) is 5.91 Å². The molecule has 0 spiro atoms. The van der Waals surface area contributed by atoms with Crippen LogP contribution in [-0.4, -0.2) is 38.4 Å². The van der Waals surface area contributed by atoms with Gasteiger partial charge in [-0.15, -0.1) is 11.8 Å². The van der Waals surface area contributed by atoms with Gasteiger partial charge in [0.25, 0.3) is 5.91 Å². The number of para-hydroxylation sites is 1. The lowest BCUT2D eigenvalue weighted by atomic mass is 10.1. The number of hydrogen-bond donors (Lipinski definition) is 2. The van der Waals surface area contributed by atoms with E-state index in [1.54, 1.807) is 21.0 Å². The van der Waals surface area contributed by atoms with E-state index in [1.165, 1.54) is 11.8 Å². The number of nitrogens with one attached hydrogen (secondary N) is 1. The van der Waals surface area contributed by atoms with Crippen molar-refractivity contribution in [1.82, 2.24) is 9.55 Å². The minimum Gasteiger partial charge on any atom is -0.495 e. The van der Waals surface area contributed by atoms with Crippen LogP contribution in [0.4, 0.5) is 5.69 Å². The normalized spacial score (nSPS) is 11.4. The van der Waals surface area contributed by atoms with E-state index >= 15 is 0 Å². The number of hydrogen-bond acceptors (Lipinski definition) is 5. The Labute approximate surface area is 217 Å². The number of carbonyl (C=O) groups excluding carboxylic acids is 1. The van der Waals surface area contributed by atoms with E-state index < -0.39 is 10.7 Å². The standard InChI is InChI=1S/C28H35N3O4S/c1-7-8-9-17-31-19(3)24(26(32)30-23-18(2)11-10-12-22(23)35-6)29-25(31)20-13-15-21(16-14-20)36-28(4,5)27(33)34/h10-16H,7-9,17H2,1-6H3,(H,30,32)(H,33,34). The Hall–Kier alpha value is -3.26. The van der Waals surface area contributed by atoms with Crippen LogP contribution in [-0.2, 0) is 11.3 Å². The molecule has 0 unspecified atom stereocenters. The summed E-state index contributed by atoms with van der Waals surface area (Å²) in [7, 11) is 1.58. The summed E-state index contributed by atoms with van der Waals surface area (Å²) >= 11 is 1.30. The summed E-state index contributed by atoms with van der Waals surface area (Å²) in [4.78, 5) is 30.5. The molecule has 8 heteroatoms. The van der Waals surface area contributed by atoms with Crippen molar-refractivity contribution in [2.75, 3.05) is 12.4 Å². The van der Waals surface area contributed by atoms with Crippen molar-refractivity contribution < 1.29 is 19.4 Å². The number of unbranched alkanes of at least 4 members (excludes halogenated alkanes) is 2. The van der Waals surface area contributed by atoms with Crippen LogP contribution in [0.1, 0.15) is 61.8 Å². The first-order valence-electron chi connectivity index (χ1n) is 12.1. The van der Waals surface area contributed by atoms with E-state index in [9.17, 15) is 14.7 Å². The molecule has 0 bridgehead atoms. The Kier molecular flexibility index (Phi) is 8.84. The summed E-state index contributed by atoms with van der Waals surface area (Å²) in [5.74, 6) is 0.172. The number of ether oxygens (including phenoxy) is 1. The number of rotatable bonds is 11. The first kappa shape index (κ1) is 27.3. The Morgan fingerprint density at radius 3 is 2.42 bits per heavy atom. The highest BCUT2D eigenvalue weighted by molar-refractivity contribution is 8.01. The molecule has 36 heavy (non-hydrogen) atoms. The lowest BCUT2D eigenvalue weighted by Crippen LogP contribution is -2.26. The van der Waals surface area contributed by atoms with Crippen LogP contribution in [0.2, 0.25) is 0 Å². The van der Waals surface area contributed by atoms with Gasteiger partial charge in [-0.25, -0.2) is 4.98 Å². The molecule has 1 amide bonds. The number of aryl methyl sites for hydroxylation is 1. The predicted octanol–water partition coefficient (Wildman–Crippen LogP) is 6.57. The molecule has 0 radical (unpaired) electrons. The number of amides is 1. The molecule has 0 saturated heterocycles. The zero-order valence-electron chi connectivity index (χ0n) is 21.8. The van der Waals surface area contributed by atoms with Gasteiger partial charge in [-0.1, -0.05) is 44.0 Å². The van der Waals surface area contributed by atoms with Gasteiger partial charge in [-0.2, -0.15) is 0 Å². The molecule has 192 valence electrons. The summed E-state index contributed by atoms with van der Waals surface area (Å²) in [6.07, 6.45) is 3.15. The number of aromatic nitrogens is 2. The van der Waals surface area contributed by atoms with Gasteiger partial charge in [0.05, 0.1) is 12.8 Å². The smallest absolute Gasteiger partial charge is 0.319 e.